The largest absolute Gasteiger partial charge is 0.487 e. The molecule has 0 spiro atoms. The molecule has 94 valence electrons. The lowest BCUT2D eigenvalue weighted by Crippen LogP contribution is -1.96. The molecule has 2 nitrogen and oxygen atoms in total. The molecule has 0 atom stereocenters. The Balaban J connectivity index is 1.89. The van der Waals surface area contributed by atoms with Crippen LogP contribution in [0.25, 0.3) is 10.8 Å². The predicted octanol–water partition coefficient (Wildman–Crippen LogP) is 4.58. The monoisotopic (exact) mass is 313 g/mol. The third kappa shape index (κ3) is 2.76. The van der Waals surface area contributed by atoms with Gasteiger partial charge in [-0.25, -0.2) is 0 Å². The number of benzene rings is 2. The van der Waals surface area contributed by atoms with Crippen LogP contribution in [0.4, 0.5) is 0 Å². The summed E-state index contributed by atoms with van der Waals surface area (Å²) in [5, 5.41) is 2.15. The van der Waals surface area contributed by atoms with Gasteiger partial charge in [0, 0.05) is 21.4 Å². The van der Waals surface area contributed by atoms with E-state index in [0.29, 0.717) is 6.61 Å². The Morgan fingerprint density at radius 1 is 1.00 bits per heavy atom. The van der Waals surface area contributed by atoms with Crippen molar-refractivity contribution in [3.8, 4) is 5.75 Å². The maximum Gasteiger partial charge on any atom is 0.145 e. The molecule has 0 saturated carbocycles. The fourth-order valence-corrected chi connectivity index (χ4v) is 2.35. The zero-order valence-electron chi connectivity index (χ0n) is 10.2. The van der Waals surface area contributed by atoms with Crippen LogP contribution in [-0.2, 0) is 6.61 Å². The number of hydrogen-bond donors (Lipinski definition) is 0. The molecule has 0 saturated heterocycles. The van der Waals surface area contributed by atoms with Crippen molar-refractivity contribution in [2.75, 3.05) is 0 Å². The number of rotatable bonds is 3. The number of halogens is 1. The van der Waals surface area contributed by atoms with Gasteiger partial charge in [0.25, 0.3) is 0 Å². The molecule has 0 bridgehead atoms. The number of aromatic nitrogens is 1. The summed E-state index contributed by atoms with van der Waals surface area (Å²) in [6, 6.07) is 16.2. The standard InChI is InChI=1S/C16H12BrNO/c17-14-6-7-15-13(8-14)9-18-10-16(15)19-11-12-4-2-1-3-5-12/h1-10H,11H2. The highest BCUT2D eigenvalue weighted by Gasteiger charge is 2.03. The first-order valence-corrected chi connectivity index (χ1v) is 6.82. The zero-order chi connectivity index (χ0) is 13.1. The second kappa shape index (κ2) is 5.41. The smallest absolute Gasteiger partial charge is 0.145 e. The molecule has 3 heteroatoms. The minimum atomic E-state index is 0.553. The summed E-state index contributed by atoms with van der Waals surface area (Å²) in [6.45, 7) is 0.553. The second-order valence-corrected chi connectivity index (χ2v) is 5.19. The third-order valence-electron chi connectivity index (χ3n) is 2.92. The summed E-state index contributed by atoms with van der Waals surface area (Å²) in [5.74, 6) is 0.814. The van der Waals surface area contributed by atoms with E-state index in [1.54, 1.807) is 6.20 Å². The Morgan fingerprint density at radius 2 is 1.84 bits per heavy atom. The van der Waals surface area contributed by atoms with E-state index in [9.17, 15) is 0 Å². The Bertz CT molecular complexity index is 697. The molecule has 0 unspecified atom stereocenters. The van der Waals surface area contributed by atoms with Crippen molar-refractivity contribution in [1.82, 2.24) is 4.98 Å². The number of nitrogens with zero attached hydrogens (tertiary/aromatic N) is 1. The van der Waals surface area contributed by atoms with Crippen LogP contribution < -0.4 is 4.74 Å². The van der Waals surface area contributed by atoms with Crippen molar-refractivity contribution in [2.24, 2.45) is 0 Å². The molecule has 0 radical (unpaired) electrons. The van der Waals surface area contributed by atoms with Gasteiger partial charge in [-0.1, -0.05) is 46.3 Å². The van der Waals surface area contributed by atoms with E-state index < -0.39 is 0 Å². The summed E-state index contributed by atoms with van der Waals surface area (Å²) in [6.07, 6.45) is 3.61. The molecule has 0 aliphatic carbocycles. The summed E-state index contributed by atoms with van der Waals surface area (Å²) < 4.78 is 6.91. The Morgan fingerprint density at radius 3 is 2.68 bits per heavy atom. The lowest BCUT2D eigenvalue weighted by molar-refractivity contribution is 0.309. The van der Waals surface area contributed by atoms with Gasteiger partial charge in [0.2, 0.25) is 0 Å². The van der Waals surface area contributed by atoms with Gasteiger partial charge in [-0.05, 0) is 23.8 Å². The lowest BCUT2D eigenvalue weighted by atomic mass is 10.1. The van der Waals surface area contributed by atoms with Gasteiger partial charge in [-0.15, -0.1) is 0 Å². The van der Waals surface area contributed by atoms with Crippen LogP contribution in [0.3, 0.4) is 0 Å². The molecule has 0 fully saturated rings. The summed E-state index contributed by atoms with van der Waals surface area (Å²) in [4.78, 5) is 4.22. The zero-order valence-corrected chi connectivity index (χ0v) is 11.8. The highest BCUT2D eigenvalue weighted by molar-refractivity contribution is 9.10. The third-order valence-corrected chi connectivity index (χ3v) is 3.41. The van der Waals surface area contributed by atoms with Gasteiger partial charge >= 0.3 is 0 Å². The van der Waals surface area contributed by atoms with Crippen LogP contribution in [0.2, 0.25) is 0 Å². The van der Waals surface area contributed by atoms with Gasteiger partial charge < -0.3 is 4.74 Å². The molecule has 3 aromatic rings. The number of fused-ring (bicyclic) bond motifs is 1. The van der Waals surface area contributed by atoms with E-state index in [4.69, 9.17) is 4.74 Å². The first-order valence-electron chi connectivity index (χ1n) is 6.03. The molecule has 1 heterocycles. The average Bonchev–Trinajstić information content (AvgIpc) is 2.45. The Labute approximate surface area is 120 Å². The minimum Gasteiger partial charge on any atom is -0.487 e. The van der Waals surface area contributed by atoms with E-state index in [1.165, 1.54) is 0 Å². The Hall–Kier alpha value is -1.87. The SMILES string of the molecule is Brc1ccc2c(OCc3ccccc3)cncc2c1. The molecule has 0 amide bonds. The Kier molecular flexibility index (Phi) is 3.47. The van der Waals surface area contributed by atoms with E-state index in [1.807, 2.05) is 42.6 Å². The molecular formula is C16H12BrNO. The molecule has 0 aliphatic heterocycles. The summed E-state index contributed by atoms with van der Waals surface area (Å²) in [5.41, 5.74) is 1.15. The highest BCUT2D eigenvalue weighted by Crippen LogP contribution is 2.27. The molecule has 0 N–H and O–H groups in total. The molecular weight excluding hydrogens is 302 g/mol. The van der Waals surface area contributed by atoms with E-state index in [0.717, 1.165) is 26.6 Å². The molecule has 3 rings (SSSR count). The van der Waals surface area contributed by atoms with Gasteiger partial charge in [0.15, 0.2) is 0 Å². The van der Waals surface area contributed by atoms with Crippen LogP contribution in [0, 0.1) is 0 Å². The maximum atomic E-state index is 5.87. The van der Waals surface area contributed by atoms with E-state index >= 15 is 0 Å². The summed E-state index contributed by atoms with van der Waals surface area (Å²) in [7, 11) is 0. The number of hydrogen-bond acceptors (Lipinski definition) is 2. The van der Waals surface area contributed by atoms with E-state index in [2.05, 4.69) is 33.0 Å². The van der Waals surface area contributed by atoms with Gasteiger partial charge in [-0.3, -0.25) is 4.98 Å². The van der Waals surface area contributed by atoms with Crippen molar-refractivity contribution in [2.45, 2.75) is 6.61 Å². The van der Waals surface area contributed by atoms with Crippen LogP contribution in [0.1, 0.15) is 5.56 Å². The number of pyridine rings is 1. The normalized spacial score (nSPS) is 10.6. The van der Waals surface area contributed by atoms with Crippen LogP contribution in [0.5, 0.6) is 5.75 Å². The minimum absolute atomic E-state index is 0.553. The quantitative estimate of drug-likeness (QED) is 0.706. The second-order valence-electron chi connectivity index (χ2n) is 4.28. The molecule has 0 aliphatic rings. The van der Waals surface area contributed by atoms with Crippen molar-refractivity contribution < 1.29 is 4.74 Å². The fourth-order valence-electron chi connectivity index (χ4n) is 1.97. The topological polar surface area (TPSA) is 22.1 Å². The molecule has 2 aromatic carbocycles. The average molecular weight is 314 g/mol. The first kappa shape index (κ1) is 12.2. The summed E-state index contributed by atoms with van der Waals surface area (Å²) >= 11 is 3.46. The van der Waals surface area contributed by atoms with Gasteiger partial charge in [-0.2, -0.15) is 0 Å². The van der Waals surface area contributed by atoms with Crippen molar-refractivity contribution in [3.63, 3.8) is 0 Å². The maximum absolute atomic E-state index is 5.87. The van der Waals surface area contributed by atoms with E-state index in [-0.39, 0.29) is 0 Å². The van der Waals surface area contributed by atoms with Gasteiger partial charge in [0.1, 0.15) is 12.4 Å². The molecule has 1 aromatic heterocycles. The lowest BCUT2D eigenvalue weighted by Gasteiger charge is -2.09. The number of ether oxygens (including phenoxy) is 1. The van der Waals surface area contributed by atoms with Crippen molar-refractivity contribution >= 4 is 26.7 Å². The predicted molar refractivity (Wildman–Crippen MR) is 80.2 cm³/mol. The van der Waals surface area contributed by atoms with Crippen LogP contribution >= 0.6 is 15.9 Å². The van der Waals surface area contributed by atoms with Crippen LogP contribution in [-0.4, -0.2) is 4.98 Å². The highest BCUT2D eigenvalue weighted by atomic mass is 79.9. The van der Waals surface area contributed by atoms with Crippen molar-refractivity contribution in [1.29, 1.82) is 0 Å². The first-order chi connectivity index (χ1) is 9.33. The van der Waals surface area contributed by atoms with Gasteiger partial charge in [0.05, 0.1) is 6.20 Å². The van der Waals surface area contributed by atoms with Crippen molar-refractivity contribution in [3.05, 3.63) is 71.0 Å². The van der Waals surface area contributed by atoms with Crippen LogP contribution in [0.15, 0.2) is 65.4 Å². The molecule has 19 heavy (non-hydrogen) atoms. The fraction of sp³-hybridized carbons (Fsp3) is 0.0625.